The number of methoxy groups -OCH3 is 1. The van der Waals surface area contributed by atoms with E-state index in [1.807, 2.05) is 0 Å². The Morgan fingerprint density at radius 2 is 2.12 bits per heavy atom. The van der Waals surface area contributed by atoms with E-state index < -0.39 is 10.0 Å². The number of ether oxygens (including phenoxy) is 1. The maximum atomic E-state index is 11.6. The minimum atomic E-state index is -3.47. The van der Waals surface area contributed by atoms with Gasteiger partial charge in [0.15, 0.2) is 0 Å². The average molecular weight is 267 g/mol. The standard InChI is InChI=1S/C9H14N2O3S.ClH/c1-14-8-3-2-4-9(7-8)15(12,13)11-6-5-10;/h2-4,7,11H,5-6,10H2,1H3;1H. The summed E-state index contributed by atoms with van der Waals surface area (Å²) in [5.41, 5.74) is 5.22. The Hall–Kier alpha value is -0.820. The number of halogens is 1. The highest BCUT2D eigenvalue weighted by Crippen LogP contribution is 2.16. The summed E-state index contributed by atoms with van der Waals surface area (Å²) in [6.07, 6.45) is 0. The van der Waals surface area contributed by atoms with E-state index in [1.165, 1.54) is 19.2 Å². The predicted octanol–water partition coefficient (Wildman–Crippen LogP) is 0.354. The lowest BCUT2D eigenvalue weighted by Gasteiger charge is -2.06. The van der Waals surface area contributed by atoms with Gasteiger partial charge in [0.1, 0.15) is 5.75 Å². The van der Waals surface area contributed by atoms with Gasteiger partial charge in [-0.3, -0.25) is 0 Å². The third kappa shape index (κ3) is 3.97. The number of nitrogens with two attached hydrogens (primary N) is 1. The van der Waals surface area contributed by atoms with Crippen LogP contribution in [0, 0.1) is 0 Å². The topological polar surface area (TPSA) is 81.4 Å². The van der Waals surface area contributed by atoms with Gasteiger partial charge in [0, 0.05) is 19.2 Å². The zero-order valence-corrected chi connectivity index (χ0v) is 10.5. The Morgan fingerprint density at radius 3 is 2.69 bits per heavy atom. The van der Waals surface area contributed by atoms with Crippen LogP contribution in [0.4, 0.5) is 0 Å². The van der Waals surface area contributed by atoms with Gasteiger partial charge in [-0.15, -0.1) is 12.4 Å². The summed E-state index contributed by atoms with van der Waals surface area (Å²) in [7, 11) is -1.98. The highest BCUT2D eigenvalue weighted by molar-refractivity contribution is 7.89. The van der Waals surface area contributed by atoms with Gasteiger partial charge in [0.05, 0.1) is 12.0 Å². The molecule has 0 spiro atoms. The second-order valence-corrected chi connectivity index (χ2v) is 4.63. The van der Waals surface area contributed by atoms with Crippen LogP contribution in [0.2, 0.25) is 0 Å². The van der Waals surface area contributed by atoms with Crippen molar-refractivity contribution in [3.05, 3.63) is 24.3 Å². The minimum Gasteiger partial charge on any atom is -0.497 e. The lowest BCUT2D eigenvalue weighted by Crippen LogP contribution is -2.29. The normalized spacial score (nSPS) is 10.6. The van der Waals surface area contributed by atoms with Gasteiger partial charge < -0.3 is 10.5 Å². The summed E-state index contributed by atoms with van der Waals surface area (Å²) in [6.45, 7) is 0.489. The van der Waals surface area contributed by atoms with E-state index in [9.17, 15) is 8.42 Å². The molecule has 0 aliphatic carbocycles. The van der Waals surface area contributed by atoms with Gasteiger partial charge in [-0.25, -0.2) is 13.1 Å². The molecule has 0 aliphatic heterocycles. The van der Waals surface area contributed by atoms with E-state index in [0.717, 1.165) is 0 Å². The molecule has 0 radical (unpaired) electrons. The Bertz CT molecular complexity index is 423. The number of hydrogen-bond acceptors (Lipinski definition) is 4. The Kier molecular flexibility index (Phi) is 6.35. The molecule has 0 atom stereocenters. The minimum absolute atomic E-state index is 0. The third-order valence-electron chi connectivity index (χ3n) is 1.79. The fourth-order valence-corrected chi connectivity index (χ4v) is 2.13. The van der Waals surface area contributed by atoms with Crippen LogP contribution in [0.1, 0.15) is 0 Å². The van der Waals surface area contributed by atoms with Crippen molar-refractivity contribution in [2.24, 2.45) is 5.73 Å². The maximum absolute atomic E-state index is 11.6. The van der Waals surface area contributed by atoms with Crippen LogP contribution < -0.4 is 15.2 Å². The van der Waals surface area contributed by atoms with Gasteiger partial charge in [-0.2, -0.15) is 0 Å². The Labute approximate surface area is 101 Å². The van der Waals surface area contributed by atoms with E-state index in [1.54, 1.807) is 12.1 Å². The van der Waals surface area contributed by atoms with Crippen LogP contribution in [0.25, 0.3) is 0 Å². The average Bonchev–Trinajstić information content (AvgIpc) is 2.26. The molecule has 0 fully saturated rings. The van der Waals surface area contributed by atoms with Crippen molar-refractivity contribution in [1.29, 1.82) is 0 Å². The second-order valence-electron chi connectivity index (χ2n) is 2.87. The first-order valence-electron chi connectivity index (χ1n) is 4.44. The van der Waals surface area contributed by atoms with Crippen molar-refractivity contribution in [2.45, 2.75) is 4.90 Å². The smallest absolute Gasteiger partial charge is 0.240 e. The Balaban J connectivity index is 0.00000225. The summed E-state index contributed by atoms with van der Waals surface area (Å²) >= 11 is 0. The van der Waals surface area contributed by atoms with Crippen molar-refractivity contribution in [3.8, 4) is 5.75 Å². The molecule has 0 saturated heterocycles. The zero-order chi connectivity index (χ0) is 11.3. The molecule has 0 amide bonds. The first-order valence-corrected chi connectivity index (χ1v) is 5.92. The molecule has 3 N–H and O–H groups in total. The van der Waals surface area contributed by atoms with Crippen molar-refractivity contribution in [3.63, 3.8) is 0 Å². The van der Waals surface area contributed by atoms with Gasteiger partial charge in [0.25, 0.3) is 0 Å². The molecule has 0 heterocycles. The quantitative estimate of drug-likeness (QED) is 0.806. The van der Waals surface area contributed by atoms with E-state index in [-0.39, 0.29) is 30.4 Å². The van der Waals surface area contributed by atoms with Gasteiger partial charge in [0.2, 0.25) is 10.0 Å². The molecule has 0 aliphatic rings. The fourth-order valence-electron chi connectivity index (χ4n) is 1.04. The fraction of sp³-hybridized carbons (Fsp3) is 0.333. The van der Waals surface area contributed by atoms with Gasteiger partial charge >= 0.3 is 0 Å². The van der Waals surface area contributed by atoms with Gasteiger partial charge in [-0.1, -0.05) is 6.07 Å². The molecule has 0 aromatic heterocycles. The van der Waals surface area contributed by atoms with Crippen LogP contribution in [-0.4, -0.2) is 28.6 Å². The molecule has 1 aromatic rings. The predicted molar refractivity (Wildman–Crippen MR) is 64.5 cm³/mol. The molecular weight excluding hydrogens is 252 g/mol. The second kappa shape index (κ2) is 6.70. The lowest BCUT2D eigenvalue weighted by molar-refractivity contribution is 0.413. The van der Waals surface area contributed by atoms with E-state index in [2.05, 4.69) is 4.72 Å². The number of sulfonamides is 1. The summed E-state index contributed by atoms with van der Waals surface area (Å²) < 4.78 is 30.6. The van der Waals surface area contributed by atoms with Crippen molar-refractivity contribution in [2.75, 3.05) is 20.2 Å². The summed E-state index contributed by atoms with van der Waals surface area (Å²) in [6, 6.07) is 6.26. The molecule has 5 nitrogen and oxygen atoms in total. The third-order valence-corrected chi connectivity index (χ3v) is 3.25. The summed E-state index contributed by atoms with van der Waals surface area (Å²) in [4.78, 5) is 0.176. The molecule has 1 aromatic carbocycles. The van der Waals surface area contributed by atoms with E-state index >= 15 is 0 Å². The summed E-state index contributed by atoms with van der Waals surface area (Å²) in [5, 5.41) is 0. The Morgan fingerprint density at radius 1 is 1.44 bits per heavy atom. The molecule has 0 unspecified atom stereocenters. The van der Waals surface area contributed by atoms with E-state index in [4.69, 9.17) is 10.5 Å². The molecule has 7 heteroatoms. The van der Waals surface area contributed by atoms with Crippen LogP contribution in [0.3, 0.4) is 0 Å². The van der Waals surface area contributed by atoms with Crippen molar-refractivity contribution < 1.29 is 13.2 Å². The SMILES string of the molecule is COc1cccc(S(=O)(=O)NCCN)c1.Cl. The van der Waals surface area contributed by atoms with Crippen LogP contribution in [0.5, 0.6) is 5.75 Å². The molecule has 1 rings (SSSR count). The number of nitrogens with one attached hydrogen (secondary N) is 1. The van der Waals surface area contributed by atoms with Crippen molar-refractivity contribution in [1.82, 2.24) is 4.72 Å². The molecule has 16 heavy (non-hydrogen) atoms. The highest BCUT2D eigenvalue weighted by Gasteiger charge is 2.13. The van der Waals surface area contributed by atoms with Crippen molar-refractivity contribution >= 4 is 22.4 Å². The number of rotatable bonds is 5. The number of hydrogen-bond donors (Lipinski definition) is 2. The largest absolute Gasteiger partial charge is 0.497 e. The number of benzene rings is 1. The zero-order valence-electron chi connectivity index (χ0n) is 8.84. The highest BCUT2D eigenvalue weighted by atomic mass is 35.5. The van der Waals surface area contributed by atoms with Crippen LogP contribution in [0.15, 0.2) is 29.2 Å². The first kappa shape index (κ1) is 15.2. The first-order chi connectivity index (χ1) is 7.10. The van der Waals surface area contributed by atoms with Gasteiger partial charge in [-0.05, 0) is 12.1 Å². The monoisotopic (exact) mass is 266 g/mol. The molecule has 0 bridgehead atoms. The lowest BCUT2D eigenvalue weighted by atomic mass is 10.3. The van der Waals surface area contributed by atoms with Crippen LogP contribution >= 0.6 is 12.4 Å². The molecule has 92 valence electrons. The molecule has 0 saturated carbocycles. The maximum Gasteiger partial charge on any atom is 0.240 e. The summed E-state index contributed by atoms with van der Waals surface area (Å²) in [5.74, 6) is 0.505. The van der Waals surface area contributed by atoms with E-state index in [0.29, 0.717) is 5.75 Å². The van der Waals surface area contributed by atoms with Crippen LogP contribution in [-0.2, 0) is 10.0 Å². The molecular formula is C9H15ClN2O3S.